The average molecular weight is 358 g/mol. The van der Waals surface area contributed by atoms with Crippen molar-refractivity contribution in [2.75, 3.05) is 0 Å². The second kappa shape index (κ2) is 8.10. The first-order valence-electron chi connectivity index (χ1n) is 8.33. The van der Waals surface area contributed by atoms with Crippen LogP contribution in [0.25, 0.3) is 6.08 Å². The Morgan fingerprint density at radius 2 is 1.44 bits per heavy atom. The molecule has 3 aromatic rings. The Labute approximate surface area is 156 Å². The summed E-state index contributed by atoms with van der Waals surface area (Å²) in [6.07, 6.45) is 2.89. The molecule has 0 aliphatic heterocycles. The number of hydrogen-bond acceptors (Lipinski definition) is 4. The number of allylic oxidation sites excluding steroid dienone is 1. The summed E-state index contributed by atoms with van der Waals surface area (Å²) in [5.74, 6) is -1.28. The van der Waals surface area contributed by atoms with E-state index in [4.69, 9.17) is 0 Å². The molecule has 0 bridgehead atoms. The molecule has 5 nitrogen and oxygen atoms in total. The summed E-state index contributed by atoms with van der Waals surface area (Å²) in [5, 5.41) is 22.4. The van der Waals surface area contributed by atoms with Crippen molar-refractivity contribution in [3.05, 3.63) is 112 Å². The summed E-state index contributed by atoms with van der Waals surface area (Å²) in [6.45, 7) is 0. The lowest BCUT2D eigenvalue weighted by atomic mass is 9.87. The Morgan fingerprint density at radius 1 is 0.889 bits per heavy atom. The minimum absolute atomic E-state index is 0.152. The molecule has 0 N–H and O–H groups in total. The van der Waals surface area contributed by atoms with Crippen LogP contribution in [0.3, 0.4) is 0 Å². The van der Waals surface area contributed by atoms with E-state index < -0.39 is 22.3 Å². The first-order valence-corrected chi connectivity index (χ1v) is 8.33. The maximum absolute atomic E-state index is 12.9. The van der Waals surface area contributed by atoms with Gasteiger partial charge in [0.1, 0.15) is 0 Å². The monoisotopic (exact) mass is 358 g/mol. The minimum atomic E-state index is -0.724. The van der Waals surface area contributed by atoms with Gasteiger partial charge in [0.15, 0.2) is 5.78 Å². The van der Waals surface area contributed by atoms with Crippen LogP contribution >= 0.6 is 0 Å². The van der Waals surface area contributed by atoms with Crippen LogP contribution < -0.4 is 5.11 Å². The molecular formula is C22H16NO4-. The van der Waals surface area contributed by atoms with E-state index in [9.17, 15) is 20.0 Å². The van der Waals surface area contributed by atoms with Gasteiger partial charge in [-0.3, -0.25) is 14.9 Å². The lowest BCUT2D eigenvalue weighted by molar-refractivity contribution is -0.398. The summed E-state index contributed by atoms with van der Waals surface area (Å²) in [7, 11) is 0. The molecule has 0 atom stereocenters. The van der Waals surface area contributed by atoms with Gasteiger partial charge < -0.3 is 5.11 Å². The van der Waals surface area contributed by atoms with Gasteiger partial charge in [-0.15, -0.1) is 0 Å². The van der Waals surface area contributed by atoms with Crippen LogP contribution in [0.5, 0.6) is 5.75 Å². The number of carbonyl (C=O) groups excluding carboxylic acids is 1. The number of nitro benzene ring substituents is 1. The number of rotatable bonds is 6. The fourth-order valence-corrected chi connectivity index (χ4v) is 2.87. The van der Waals surface area contributed by atoms with Crippen LogP contribution in [-0.2, 0) is 4.79 Å². The molecule has 0 saturated carbocycles. The van der Waals surface area contributed by atoms with Gasteiger partial charge in [0.2, 0.25) is 0 Å². The molecule has 0 aromatic heterocycles. The second-order valence-corrected chi connectivity index (χ2v) is 5.97. The van der Waals surface area contributed by atoms with Gasteiger partial charge >= 0.3 is 0 Å². The van der Waals surface area contributed by atoms with E-state index in [1.807, 2.05) is 60.7 Å². The molecule has 134 valence electrons. The lowest BCUT2D eigenvalue weighted by Gasteiger charge is -2.15. The Balaban J connectivity index is 1.93. The fraction of sp³-hybridized carbons (Fsp3) is 0.0455. The highest BCUT2D eigenvalue weighted by atomic mass is 16.6. The van der Waals surface area contributed by atoms with Crippen LogP contribution in [0.2, 0.25) is 0 Å². The third kappa shape index (κ3) is 4.27. The van der Waals surface area contributed by atoms with Gasteiger partial charge in [-0.05, 0) is 28.5 Å². The molecule has 0 radical (unpaired) electrons. The van der Waals surface area contributed by atoms with Gasteiger partial charge in [0.25, 0.3) is 5.69 Å². The zero-order valence-corrected chi connectivity index (χ0v) is 14.3. The Morgan fingerprint density at radius 3 is 1.96 bits per heavy atom. The highest BCUT2D eigenvalue weighted by molar-refractivity contribution is 6.00. The standard InChI is InChI=1S/C22H17NO4/c24-20-13-11-16(15-19(20)23(26)27)12-14-21(25)22(17-7-3-1-4-8-17)18-9-5-2-6-10-18/h1-15,22,24H/p-1/b14-12+. The third-order valence-electron chi connectivity index (χ3n) is 4.17. The Kier molecular flexibility index (Phi) is 5.42. The highest BCUT2D eigenvalue weighted by Crippen LogP contribution is 2.27. The van der Waals surface area contributed by atoms with Gasteiger partial charge in [0, 0.05) is 6.07 Å². The zero-order chi connectivity index (χ0) is 19.2. The maximum Gasteiger partial charge on any atom is 0.262 e. The Bertz CT molecular complexity index is 942. The number of carbonyl (C=O) groups is 1. The summed E-state index contributed by atoms with van der Waals surface area (Å²) in [6, 6.07) is 22.6. The van der Waals surface area contributed by atoms with E-state index in [1.165, 1.54) is 24.3 Å². The molecule has 3 aromatic carbocycles. The van der Waals surface area contributed by atoms with Gasteiger partial charge in [-0.1, -0.05) is 78.9 Å². The van der Waals surface area contributed by atoms with E-state index in [-0.39, 0.29) is 5.78 Å². The number of nitrogens with zero attached hydrogens (tertiary/aromatic N) is 1. The smallest absolute Gasteiger partial charge is 0.262 e. The number of ketones is 1. The van der Waals surface area contributed by atoms with Crippen molar-refractivity contribution >= 4 is 17.5 Å². The first-order chi connectivity index (χ1) is 13.1. The fourth-order valence-electron chi connectivity index (χ4n) is 2.87. The predicted octanol–water partition coefficient (Wildman–Crippen LogP) is 4.08. The maximum atomic E-state index is 12.9. The van der Waals surface area contributed by atoms with E-state index in [2.05, 4.69) is 0 Å². The van der Waals surface area contributed by atoms with Crippen molar-refractivity contribution in [2.24, 2.45) is 0 Å². The SMILES string of the molecule is O=C(/C=C/c1ccc([O-])c([N+](=O)[O-])c1)C(c1ccccc1)c1ccccc1. The summed E-state index contributed by atoms with van der Waals surface area (Å²) in [4.78, 5) is 23.1. The van der Waals surface area contributed by atoms with Crippen molar-refractivity contribution < 1.29 is 14.8 Å². The van der Waals surface area contributed by atoms with Gasteiger partial charge in [0.05, 0.1) is 10.8 Å². The molecule has 0 aliphatic rings. The molecule has 0 unspecified atom stereocenters. The molecule has 0 saturated heterocycles. The van der Waals surface area contributed by atoms with Crippen LogP contribution in [0.15, 0.2) is 84.9 Å². The summed E-state index contributed by atoms with van der Waals surface area (Å²) in [5.41, 5.74) is 1.64. The number of hydrogen-bond donors (Lipinski definition) is 0. The van der Waals surface area contributed by atoms with Crippen molar-refractivity contribution in [1.29, 1.82) is 0 Å². The third-order valence-corrected chi connectivity index (χ3v) is 4.17. The number of nitro groups is 1. The zero-order valence-electron chi connectivity index (χ0n) is 14.3. The second-order valence-electron chi connectivity index (χ2n) is 5.97. The largest absolute Gasteiger partial charge is 0.868 e. The van der Waals surface area contributed by atoms with E-state index in [1.54, 1.807) is 0 Å². The number of benzene rings is 3. The van der Waals surface area contributed by atoms with Crippen molar-refractivity contribution in [2.45, 2.75) is 5.92 Å². The van der Waals surface area contributed by atoms with E-state index in [0.29, 0.717) is 5.56 Å². The summed E-state index contributed by atoms with van der Waals surface area (Å²) >= 11 is 0. The topological polar surface area (TPSA) is 83.3 Å². The van der Waals surface area contributed by atoms with Crippen molar-refractivity contribution in [3.8, 4) is 5.75 Å². The van der Waals surface area contributed by atoms with E-state index in [0.717, 1.165) is 17.2 Å². The van der Waals surface area contributed by atoms with Gasteiger partial charge in [-0.25, -0.2) is 0 Å². The molecule has 5 heteroatoms. The van der Waals surface area contributed by atoms with Gasteiger partial charge in [-0.2, -0.15) is 0 Å². The normalized spacial score (nSPS) is 11.0. The average Bonchev–Trinajstić information content (AvgIpc) is 2.69. The molecule has 0 amide bonds. The van der Waals surface area contributed by atoms with Crippen LogP contribution in [0.1, 0.15) is 22.6 Å². The quantitative estimate of drug-likeness (QED) is 0.377. The van der Waals surface area contributed by atoms with Crippen LogP contribution in [-0.4, -0.2) is 10.7 Å². The van der Waals surface area contributed by atoms with E-state index >= 15 is 0 Å². The minimum Gasteiger partial charge on any atom is -0.868 e. The molecule has 0 spiro atoms. The predicted molar refractivity (Wildman–Crippen MR) is 101 cm³/mol. The molecule has 0 aliphatic carbocycles. The highest BCUT2D eigenvalue weighted by Gasteiger charge is 2.20. The van der Waals surface area contributed by atoms with Crippen LogP contribution in [0, 0.1) is 10.1 Å². The first kappa shape index (κ1) is 18.1. The molecule has 3 rings (SSSR count). The molecule has 0 fully saturated rings. The molecule has 27 heavy (non-hydrogen) atoms. The summed E-state index contributed by atoms with van der Waals surface area (Å²) < 4.78 is 0. The van der Waals surface area contributed by atoms with Crippen molar-refractivity contribution in [3.63, 3.8) is 0 Å². The van der Waals surface area contributed by atoms with Crippen molar-refractivity contribution in [1.82, 2.24) is 0 Å². The van der Waals surface area contributed by atoms with Crippen LogP contribution in [0.4, 0.5) is 5.69 Å². The molecule has 0 heterocycles. The Hall–Kier alpha value is -3.73. The lowest BCUT2D eigenvalue weighted by Crippen LogP contribution is -2.11. The molecular weight excluding hydrogens is 342 g/mol.